The zero-order valence-electron chi connectivity index (χ0n) is 8.82. The van der Waals surface area contributed by atoms with Crippen LogP contribution in [0.25, 0.3) is 0 Å². The number of aromatic nitrogens is 1. The van der Waals surface area contributed by atoms with Gasteiger partial charge in [-0.25, -0.2) is 0 Å². The smallest absolute Gasteiger partial charge is 0.251 e. The van der Waals surface area contributed by atoms with Crippen molar-refractivity contribution in [3.63, 3.8) is 0 Å². The molecule has 1 aliphatic carbocycles. The van der Waals surface area contributed by atoms with Crippen molar-refractivity contribution in [2.45, 2.75) is 31.7 Å². The van der Waals surface area contributed by atoms with Crippen molar-refractivity contribution in [2.75, 3.05) is 0 Å². The van der Waals surface area contributed by atoms with E-state index in [4.69, 9.17) is 5.11 Å². The largest absolute Gasteiger partial charge is 0.494 e. The quantitative estimate of drug-likeness (QED) is 0.690. The molecule has 1 aromatic rings. The third-order valence-corrected chi connectivity index (χ3v) is 2.78. The van der Waals surface area contributed by atoms with Crippen LogP contribution in [0, 0.1) is 0 Å². The number of amides is 1. The van der Waals surface area contributed by atoms with Crippen molar-refractivity contribution in [3.8, 4) is 5.88 Å². The van der Waals surface area contributed by atoms with Crippen molar-refractivity contribution in [1.82, 2.24) is 10.3 Å². The lowest BCUT2D eigenvalue weighted by molar-refractivity contribution is 0.0937. The lowest BCUT2D eigenvalue weighted by atomic mass is 10.2. The van der Waals surface area contributed by atoms with Crippen LogP contribution in [0.1, 0.15) is 36.0 Å². The molecule has 2 rings (SSSR count). The maximum Gasteiger partial charge on any atom is 0.251 e. The monoisotopic (exact) mass is 222 g/mol. The first-order chi connectivity index (χ1) is 7.65. The van der Waals surface area contributed by atoms with Crippen LogP contribution in [0.5, 0.6) is 5.88 Å². The summed E-state index contributed by atoms with van der Waals surface area (Å²) in [5.41, 5.74) is -0.273. The van der Waals surface area contributed by atoms with Gasteiger partial charge in [-0.1, -0.05) is 12.8 Å². The maximum absolute atomic E-state index is 11.7. The molecular weight excluding hydrogens is 208 g/mol. The van der Waals surface area contributed by atoms with Crippen molar-refractivity contribution >= 4 is 5.91 Å². The van der Waals surface area contributed by atoms with E-state index in [1.165, 1.54) is 12.1 Å². The number of aromatic hydroxyl groups is 1. The summed E-state index contributed by atoms with van der Waals surface area (Å²) in [6, 6.07) is 2.64. The molecule has 1 aliphatic rings. The lowest BCUT2D eigenvalue weighted by Gasteiger charge is -2.11. The molecule has 1 heterocycles. The van der Waals surface area contributed by atoms with Crippen LogP contribution >= 0.6 is 0 Å². The number of carbonyl (C=O) groups is 1. The Morgan fingerprint density at radius 2 is 2.06 bits per heavy atom. The van der Waals surface area contributed by atoms with E-state index in [1.807, 2.05) is 0 Å². The van der Waals surface area contributed by atoms with Gasteiger partial charge in [0.15, 0.2) is 5.88 Å². The van der Waals surface area contributed by atoms with E-state index in [2.05, 4.69) is 10.3 Å². The third-order valence-electron chi connectivity index (χ3n) is 2.78. The summed E-state index contributed by atoms with van der Waals surface area (Å²) in [4.78, 5) is 25.0. The molecule has 0 unspecified atom stereocenters. The number of carbonyl (C=O) groups excluding carboxylic acids is 1. The van der Waals surface area contributed by atoms with E-state index in [0.717, 1.165) is 25.7 Å². The number of aromatic amines is 1. The second-order valence-corrected chi connectivity index (χ2v) is 4.07. The number of rotatable bonds is 2. The standard InChI is InChI=1S/C11H14N2O3/c14-9-5-7(6-10(15)13-9)11(16)12-8-3-1-2-4-8/h5-6,8H,1-4H2,(H,12,16)(H2,13,14,15). The fourth-order valence-corrected chi connectivity index (χ4v) is 2.00. The number of H-pyrrole nitrogens is 1. The highest BCUT2D eigenvalue weighted by molar-refractivity contribution is 5.94. The highest BCUT2D eigenvalue weighted by Crippen LogP contribution is 2.18. The minimum Gasteiger partial charge on any atom is -0.494 e. The normalized spacial score (nSPS) is 16.2. The topological polar surface area (TPSA) is 82.2 Å². The van der Waals surface area contributed by atoms with Gasteiger partial charge in [0.05, 0.1) is 5.56 Å². The molecule has 0 aliphatic heterocycles. The second-order valence-electron chi connectivity index (χ2n) is 4.07. The predicted octanol–water partition coefficient (Wildman–Crippen LogP) is 0.753. The molecule has 5 nitrogen and oxygen atoms in total. The maximum atomic E-state index is 11.7. The Balaban J connectivity index is 2.10. The predicted molar refractivity (Wildman–Crippen MR) is 58.4 cm³/mol. The van der Waals surface area contributed by atoms with Gasteiger partial charge in [0.25, 0.3) is 11.5 Å². The van der Waals surface area contributed by atoms with Crippen molar-refractivity contribution in [1.29, 1.82) is 0 Å². The molecular formula is C11H14N2O3. The van der Waals surface area contributed by atoms with Crippen LogP contribution in [0.3, 0.4) is 0 Å². The Morgan fingerprint density at radius 3 is 2.69 bits per heavy atom. The van der Waals surface area contributed by atoms with E-state index < -0.39 is 5.56 Å². The van der Waals surface area contributed by atoms with Gasteiger partial charge >= 0.3 is 0 Å². The molecule has 1 saturated carbocycles. The summed E-state index contributed by atoms with van der Waals surface area (Å²) >= 11 is 0. The fraction of sp³-hybridized carbons (Fsp3) is 0.455. The second kappa shape index (κ2) is 4.38. The molecule has 1 fully saturated rings. The molecule has 0 aromatic carbocycles. The summed E-state index contributed by atoms with van der Waals surface area (Å²) in [6.45, 7) is 0. The van der Waals surface area contributed by atoms with Crippen LogP contribution in [0.15, 0.2) is 16.9 Å². The highest BCUT2D eigenvalue weighted by Gasteiger charge is 2.18. The summed E-state index contributed by atoms with van der Waals surface area (Å²) in [7, 11) is 0. The third kappa shape index (κ3) is 2.42. The Hall–Kier alpha value is -1.78. The molecule has 16 heavy (non-hydrogen) atoms. The van der Waals surface area contributed by atoms with Gasteiger partial charge < -0.3 is 10.4 Å². The Kier molecular flexibility index (Phi) is 2.94. The van der Waals surface area contributed by atoms with E-state index in [9.17, 15) is 9.59 Å². The van der Waals surface area contributed by atoms with Gasteiger partial charge in [-0.2, -0.15) is 0 Å². The van der Waals surface area contributed by atoms with E-state index in [-0.39, 0.29) is 23.4 Å². The molecule has 86 valence electrons. The fourth-order valence-electron chi connectivity index (χ4n) is 2.00. The summed E-state index contributed by atoms with van der Waals surface area (Å²) in [6.07, 6.45) is 4.24. The van der Waals surface area contributed by atoms with Gasteiger partial charge in [0, 0.05) is 18.2 Å². The SMILES string of the molecule is O=C(NC1CCCC1)c1cc(O)[nH]c(=O)c1. The number of nitrogens with one attached hydrogen (secondary N) is 2. The summed E-state index contributed by atoms with van der Waals surface area (Å²) in [5, 5.41) is 12.0. The number of hydrogen-bond donors (Lipinski definition) is 3. The van der Waals surface area contributed by atoms with Gasteiger partial charge in [-0.15, -0.1) is 0 Å². The van der Waals surface area contributed by atoms with E-state index >= 15 is 0 Å². The van der Waals surface area contributed by atoms with Crippen molar-refractivity contribution in [3.05, 3.63) is 28.0 Å². The van der Waals surface area contributed by atoms with Gasteiger partial charge in [0.2, 0.25) is 0 Å². The molecule has 3 N–H and O–H groups in total. The Morgan fingerprint density at radius 1 is 1.38 bits per heavy atom. The van der Waals surface area contributed by atoms with Gasteiger partial charge in [-0.05, 0) is 12.8 Å². The molecule has 0 radical (unpaired) electrons. The first kappa shape index (κ1) is 10.7. The number of pyridine rings is 1. The van der Waals surface area contributed by atoms with Gasteiger partial charge in [-0.3, -0.25) is 14.6 Å². The van der Waals surface area contributed by atoms with Crippen LogP contribution in [-0.2, 0) is 0 Å². The molecule has 0 atom stereocenters. The highest BCUT2D eigenvalue weighted by atomic mass is 16.3. The van der Waals surface area contributed by atoms with Crippen LogP contribution in [0.2, 0.25) is 0 Å². The zero-order valence-corrected chi connectivity index (χ0v) is 8.82. The van der Waals surface area contributed by atoms with Crippen molar-refractivity contribution < 1.29 is 9.90 Å². The van der Waals surface area contributed by atoms with Crippen molar-refractivity contribution in [2.24, 2.45) is 0 Å². The van der Waals surface area contributed by atoms with E-state index in [1.54, 1.807) is 0 Å². The first-order valence-electron chi connectivity index (χ1n) is 5.39. The van der Waals surface area contributed by atoms with Crippen LogP contribution in [0.4, 0.5) is 0 Å². The van der Waals surface area contributed by atoms with E-state index in [0.29, 0.717) is 0 Å². The minimum absolute atomic E-state index is 0.202. The average Bonchev–Trinajstić information content (AvgIpc) is 2.68. The molecule has 5 heteroatoms. The summed E-state index contributed by atoms with van der Waals surface area (Å²) < 4.78 is 0. The average molecular weight is 222 g/mol. The number of hydrogen-bond acceptors (Lipinski definition) is 3. The van der Waals surface area contributed by atoms with Gasteiger partial charge in [0.1, 0.15) is 0 Å². The van der Waals surface area contributed by atoms with Crippen LogP contribution in [-0.4, -0.2) is 22.0 Å². The summed E-state index contributed by atoms with van der Waals surface area (Å²) in [5.74, 6) is -0.586. The lowest BCUT2D eigenvalue weighted by Crippen LogP contribution is -2.33. The molecule has 0 spiro atoms. The zero-order chi connectivity index (χ0) is 11.5. The molecule has 0 saturated heterocycles. The van der Waals surface area contributed by atoms with Crippen LogP contribution < -0.4 is 10.9 Å². The Labute approximate surface area is 92.5 Å². The molecule has 1 aromatic heterocycles. The molecule has 1 amide bonds. The minimum atomic E-state index is -0.475. The Bertz CT molecular complexity index is 447. The first-order valence-corrected chi connectivity index (χ1v) is 5.39. The molecule has 0 bridgehead atoms.